The molecule has 0 unspecified atom stereocenters. The molecule has 0 rings (SSSR count). The first-order valence-corrected chi connectivity index (χ1v) is 5.44. The number of carbonyl (C=O) groups is 1. The first-order chi connectivity index (χ1) is 6.64. The summed E-state index contributed by atoms with van der Waals surface area (Å²) in [4.78, 5) is 12.7. The van der Waals surface area contributed by atoms with Crippen molar-refractivity contribution in [2.75, 3.05) is 68.5 Å². The van der Waals surface area contributed by atoms with E-state index in [1.165, 1.54) is 0 Å². The topological polar surface area (TPSA) is 20.3 Å². The third kappa shape index (κ3) is 16.4. The largest absolute Gasteiger partial charge is 1.00 e. The molecule has 106 valence electrons. The highest BCUT2D eigenvalue weighted by Crippen LogP contribution is 1.95. The molecule has 0 N–H and O–H groups in total. The normalized spacial score (nSPS) is 11.2. The highest BCUT2D eigenvalue weighted by Gasteiger charge is 2.13. The van der Waals surface area contributed by atoms with Crippen LogP contribution in [0, 0.1) is 0 Å². The van der Waals surface area contributed by atoms with Crippen LogP contribution in [0.25, 0.3) is 0 Å². The van der Waals surface area contributed by atoms with Gasteiger partial charge in [-0.15, -0.1) is 0 Å². The second kappa shape index (κ2) is 9.30. The van der Waals surface area contributed by atoms with Gasteiger partial charge in [-0.25, -0.2) is 0 Å². The number of halogens is 2. The fourth-order valence-corrected chi connectivity index (χ4v) is 1.07. The molecule has 0 spiro atoms. The number of rotatable bonds is 7. The summed E-state index contributed by atoms with van der Waals surface area (Å²) in [7, 11) is 12.9. The summed E-state index contributed by atoms with van der Waals surface area (Å²) < 4.78 is 1.80. The van der Waals surface area contributed by atoms with Gasteiger partial charge in [-0.05, 0) is 0 Å². The van der Waals surface area contributed by atoms with E-state index in [4.69, 9.17) is 0 Å². The van der Waals surface area contributed by atoms with Crippen molar-refractivity contribution in [1.29, 1.82) is 0 Å². The van der Waals surface area contributed by atoms with Gasteiger partial charge in [-0.1, -0.05) is 0 Å². The molecule has 0 aliphatic heterocycles. The van der Waals surface area contributed by atoms with Crippen LogP contribution in [0.15, 0.2) is 0 Å². The molecule has 6 heteroatoms. The average Bonchev–Trinajstić information content (AvgIpc) is 2.00. The van der Waals surface area contributed by atoms with Crippen LogP contribution < -0.4 is 34.0 Å². The molecule has 0 bridgehead atoms. The molecular formula is C11H27Br2N3O. The quantitative estimate of drug-likeness (QED) is 0.320. The molecule has 0 aromatic rings. The predicted octanol–water partition coefficient (Wildman–Crippen LogP) is -6.13. The Bertz CT molecular complexity index is 182. The van der Waals surface area contributed by atoms with Gasteiger partial charge in [0, 0.05) is 0 Å². The summed E-state index contributed by atoms with van der Waals surface area (Å²) in [5.41, 5.74) is 0. The molecule has 17 heavy (non-hydrogen) atoms. The summed E-state index contributed by atoms with van der Waals surface area (Å²) in [6, 6.07) is 0. The Labute approximate surface area is 127 Å². The van der Waals surface area contributed by atoms with E-state index in [1.54, 1.807) is 0 Å². The molecule has 0 aliphatic carbocycles. The van der Waals surface area contributed by atoms with Crippen molar-refractivity contribution in [3.8, 4) is 0 Å². The Morgan fingerprint density at radius 3 is 1.29 bits per heavy atom. The Hall–Kier alpha value is 0.350. The minimum atomic E-state index is 0. The summed E-state index contributed by atoms with van der Waals surface area (Å²) in [5.74, 6) is 0. The summed E-state index contributed by atoms with van der Waals surface area (Å²) >= 11 is 0. The van der Waals surface area contributed by atoms with Crippen LogP contribution in [0.3, 0.4) is 0 Å². The third-order valence-electron chi connectivity index (χ3n) is 2.27. The predicted molar refractivity (Wildman–Crippen MR) is 63.4 cm³/mol. The van der Waals surface area contributed by atoms with E-state index in [1.807, 2.05) is 4.90 Å². The molecule has 0 aromatic carbocycles. The van der Waals surface area contributed by atoms with Gasteiger partial charge in [-0.3, -0.25) is 4.79 Å². The molecule has 0 saturated heterocycles. The first kappa shape index (κ1) is 22.5. The second-order valence-electron chi connectivity index (χ2n) is 6.17. The minimum Gasteiger partial charge on any atom is -1.00 e. The molecular weight excluding hydrogens is 350 g/mol. The van der Waals surface area contributed by atoms with E-state index >= 15 is 0 Å². The molecule has 0 aliphatic rings. The van der Waals surface area contributed by atoms with Crippen molar-refractivity contribution >= 4 is 6.41 Å². The second-order valence-corrected chi connectivity index (χ2v) is 6.17. The number of quaternary nitrogens is 2. The number of hydrogen-bond donors (Lipinski definition) is 0. The molecule has 0 atom stereocenters. The van der Waals surface area contributed by atoms with Crippen LogP contribution in [0.2, 0.25) is 0 Å². The van der Waals surface area contributed by atoms with Gasteiger partial charge >= 0.3 is 0 Å². The molecule has 0 saturated carbocycles. The molecule has 1 amide bonds. The van der Waals surface area contributed by atoms with Gasteiger partial charge < -0.3 is 47.8 Å². The molecule has 0 radical (unpaired) electrons. The van der Waals surface area contributed by atoms with Crippen molar-refractivity contribution in [3.05, 3.63) is 0 Å². The number of amides is 1. The fraction of sp³-hybridized carbons (Fsp3) is 0.909. The maximum absolute atomic E-state index is 10.9. The molecule has 0 fully saturated rings. The number of likely N-dealkylation sites (N-methyl/N-ethyl adjacent to an activating group) is 2. The van der Waals surface area contributed by atoms with Gasteiger partial charge in [0.15, 0.2) is 0 Å². The number of nitrogens with zero attached hydrogens (tertiary/aromatic N) is 3. The lowest BCUT2D eigenvalue weighted by molar-refractivity contribution is -0.872. The Morgan fingerprint density at radius 2 is 1.12 bits per heavy atom. The summed E-state index contributed by atoms with van der Waals surface area (Å²) in [5, 5.41) is 0. The lowest BCUT2D eigenvalue weighted by atomic mass is 10.4. The first-order valence-electron chi connectivity index (χ1n) is 5.44. The Balaban J connectivity index is -0.000000980. The van der Waals surface area contributed by atoms with Crippen molar-refractivity contribution in [1.82, 2.24) is 4.90 Å². The van der Waals surface area contributed by atoms with Gasteiger partial charge in [-0.2, -0.15) is 0 Å². The third-order valence-corrected chi connectivity index (χ3v) is 2.27. The van der Waals surface area contributed by atoms with Crippen LogP contribution >= 0.6 is 0 Å². The number of hydrogen-bond acceptors (Lipinski definition) is 1. The van der Waals surface area contributed by atoms with E-state index in [0.29, 0.717) is 0 Å². The summed E-state index contributed by atoms with van der Waals surface area (Å²) in [6.45, 7) is 3.67. The zero-order valence-corrected chi connectivity index (χ0v) is 15.1. The maximum Gasteiger partial charge on any atom is 0.210 e. The van der Waals surface area contributed by atoms with Crippen LogP contribution in [0.4, 0.5) is 0 Å². The van der Waals surface area contributed by atoms with Crippen LogP contribution in [-0.4, -0.2) is 88.7 Å². The van der Waals surface area contributed by atoms with Crippen molar-refractivity contribution < 1.29 is 47.7 Å². The van der Waals surface area contributed by atoms with Crippen molar-refractivity contribution in [2.45, 2.75) is 0 Å². The smallest absolute Gasteiger partial charge is 0.210 e. The molecule has 0 heterocycles. The summed E-state index contributed by atoms with van der Waals surface area (Å²) in [6.07, 6.45) is 0.964. The molecule has 0 aromatic heterocycles. The Kier molecular flexibility index (Phi) is 12.3. The Morgan fingerprint density at radius 1 is 0.824 bits per heavy atom. The average molecular weight is 377 g/mol. The highest BCUT2D eigenvalue weighted by atomic mass is 79.9. The standard InChI is InChI=1S/C11H27N3O.2BrH/c1-13(2,3)9-7-12(11-15)8-10-14(4,5)6;;/h11H,7-10H2,1-6H3;2*1H/q+2;;/p-2. The van der Waals surface area contributed by atoms with E-state index in [-0.39, 0.29) is 34.0 Å². The van der Waals surface area contributed by atoms with E-state index in [0.717, 1.165) is 41.6 Å². The lowest BCUT2D eigenvalue weighted by Gasteiger charge is -2.29. The van der Waals surface area contributed by atoms with E-state index in [2.05, 4.69) is 42.3 Å². The number of carbonyl (C=O) groups excluding carboxylic acids is 1. The van der Waals surface area contributed by atoms with E-state index < -0.39 is 0 Å². The SMILES string of the molecule is C[N+](C)(C)CCN(C=O)CC[N+](C)(C)C.[Br-].[Br-]. The van der Waals surface area contributed by atoms with Gasteiger partial charge in [0.25, 0.3) is 0 Å². The van der Waals surface area contributed by atoms with Crippen LogP contribution in [0.1, 0.15) is 0 Å². The van der Waals surface area contributed by atoms with Gasteiger partial charge in [0.05, 0.1) is 68.5 Å². The van der Waals surface area contributed by atoms with Gasteiger partial charge in [0.1, 0.15) is 0 Å². The minimum absolute atomic E-state index is 0. The monoisotopic (exact) mass is 375 g/mol. The van der Waals surface area contributed by atoms with Crippen molar-refractivity contribution in [3.63, 3.8) is 0 Å². The molecule has 4 nitrogen and oxygen atoms in total. The lowest BCUT2D eigenvalue weighted by Crippen LogP contribution is -3.00. The fourth-order valence-electron chi connectivity index (χ4n) is 1.07. The van der Waals surface area contributed by atoms with Crippen LogP contribution in [-0.2, 0) is 4.79 Å². The van der Waals surface area contributed by atoms with Gasteiger partial charge in [0.2, 0.25) is 6.41 Å². The zero-order valence-electron chi connectivity index (χ0n) is 11.9. The highest BCUT2D eigenvalue weighted by molar-refractivity contribution is 5.46. The van der Waals surface area contributed by atoms with Crippen LogP contribution in [0.5, 0.6) is 0 Å². The van der Waals surface area contributed by atoms with E-state index in [9.17, 15) is 4.79 Å². The zero-order chi connectivity index (χ0) is 12.1. The van der Waals surface area contributed by atoms with Crippen molar-refractivity contribution in [2.24, 2.45) is 0 Å². The maximum atomic E-state index is 10.9.